The number of hydrogen-bond donors (Lipinski definition) is 0. The zero-order valence-corrected chi connectivity index (χ0v) is 7.39. The first-order chi connectivity index (χ1) is 5.13. The summed E-state index contributed by atoms with van der Waals surface area (Å²) in [5, 5.41) is 0. The molecular formula is C10H16O. The Bertz CT molecular complexity index is 187. The van der Waals surface area contributed by atoms with Crippen LogP contribution in [0.25, 0.3) is 0 Å². The summed E-state index contributed by atoms with van der Waals surface area (Å²) in [5.74, 6) is 1.63. The van der Waals surface area contributed by atoms with Crippen LogP contribution in [0.4, 0.5) is 0 Å². The maximum Gasteiger partial charge on any atom is 0.141 e. The number of Topliss-reactive ketones (excluding diaryl/α,β-unsaturated/α-hetero) is 1. The van der Waals surface area contributed by atoms with Crippen LogP contribution >= 0.6 is 0 Å². The van der Waals surface area contributed by atoms with Crippen molar-refractivity contribution >= 4 is 5.78 Å². The molecule has 0 aromatic carbocycles. The fourth-order valence-electron chi connectivity index (χ4n) is 2.79. The minimum absolute atomic E-state index is 0.0775. The normalized spacial score (nSPS) is 49.8. The van der Waals surface area contributed by atoms with E-state index in [0.29, 0.717) is 11.7 Å². The van der Waals surface area contributed by atoms with Gasteiger partial charge in [-0.3, -0.25) is 4.79 Å². The van der Waals surface area contributed by atoms with E-state index in [0.717, 1.165) is 18.8 Å². The lowest BCUT2D eigenvalue weighted by Crippen LogP contribution is -2.46. The number of hydrogen-bond acceptors (Lipinski definition) is 1. The third-order valence-corrected chi connectivity index (χ3v) is 3.85. The van der Waals surface area contributed by atoms with Crippen molar-refractivity contribution in [2.24, 2.45) is 17.3 Å². The summed E-state index contributed by atoms with van der Waals surface area (Å²) in [6.07, 6.45) is 4.90. The van der Waals surface area contributed by atoms with Gasteiger partial charge in [-0.25, -0.2) is 0 Å². The van der Waals surface area contributed by atoms with Gasteiger partial charge in [-0.05, 0) is 31.6 Å². The van der Waals surface area contributed by atoms with Gasteiger partial charge in [0.25, 0.3) is 0 Å². The largest absolute Gasteiger partial charge is 0.299 e. The van der Waals surface area contributed by atoms with Gasteiger partial charge in [0.15, 0.2) is 0 Å². The predicted octanol–water partition coefficient (Wildman–Crippen LogP) is 2.40. The third kappa shape index (κ3) is 0.863. The molecule has 0 N–H and O–H groups in total. The predicted molar refractivity (Wildman–Crippen MR) is 44.2 cm³/mol. The zero-order valence-electron chi connectivity index (χ0n) is 7.39. The second kappa shape index (κ2) is 2.09. The molecule has 3 rings (SSSR count). The highest BCUT2D eigenvalue weighted by Crippen LogP contribution is 2.49. The van der Waals surface area contributed by atoms with Crippen molar-refractivity contribution in [1.82, 2.24) is 0 Å². The molecule has 0 aromatic heterocycles. The lowest BCUT2D eigenvalue weighted by atomic mass is 9.57. The fraction of sp³-hybridized carbons (Fsp3) is 0.900. The van der Waals surface area contributed by atoms with Crippen molar-refractivity contribution in [3.8, 4) is 0 Å². The molecule has 1 atom stereocenters. The molecule has 2 bridgehead atoms. The van der Waals surface area contributed by atoms with E-state index >= 15 is 0 Å². The molecule has 0 spiro atoms. The van der Waals surface area contributed by atoms with Crippen LogP contribution in [0.5, 0.6) is 0 Å². The van der Waals surface area contributed by atoms with Crippen LogP contribution in [0.2, 0.25) is 0 Å². The molecule has 1 nitrogen and oxygen atoms in total. The van der Waals surface area contributed by atoms with Crippen LogP contribution in [0, 0.1) is 17.3 Å². The van der Waals surface area contributed by atoms with Crippen LogP contribution < -0.4 is 0 Å². The quantitative estimate of drug-likeness (QED) is 0.521. The fourth-order valence-corrected chi connectivity index (χ4v) is 2.79. The summed E-state index contributed by atoms with van der Waals surface area (Å²) in [5.41, 5.74) is 0.0775. The van der Waals surface area contributed by atoms with Gasteiger partial charge in [0.1, 0.15) is 5.78 Å². The van der Waals surface area contributed by atoms with Gasteiger partial charge in [-0.1, -0.05) is 13.8 Å². The molecular weight excluding hydrogens is 136 g/mol. The number of ketones is 1. The molecule has 3 aliphatic carbocycles. The van der Waals surface area contributed by atoms with E-state index < -0.39 is 0 Å². The van der Waals surface area contributed by atoms with Crippen molar-refractivity contribution in [2.75, 3.05) is 0 Å². The Labute approximate surface area is 68.2 Å². The second-order valence-corrected chi connectivity index (χ2v) is 4.55. The van der Waals surface area contributed by atoms with Crippen LogP contribution in [-0.4, -0.2) is 5.78 Å². The Kier molecular flexibility index (Phi) is 1.39. The SMILES string of the molecule is CC1C(=O)C2(C)CCC1CC2. The van der Waals surface area contributed by atoms with Crippen LogP contribution in [0.1, 0.15) is 39.5 Å². The topological polar surface area (TPSA) is 17.1 Å². The van der Waals surface area contributed by atoms with Gasteiger partial charge in [0, 0.05) is 11.3 Å². The Morgan fingerprint density at radius 2 is 1.91 bits per heavy atom. The third-order valence-electron chi connectivity index (χ3n) is 3.85. The summed E-state index contributed by atoms with van der Waals surface area (Å²) < 4.78 is 0. The molecule has 1 unspecified atom stereocenters. The molecule has 0 amide bonds. The smallest absolute Gasteiger partial charge is 0.141 e. The first-order valence-electron chi connectivity index (χ1n) is 4.68. The van der Waals surface area contributed by atoms with Crippen LogP contribution in [0.3, 0.4) is 0 Å². The molecule has 3 fully saturated rings. The van der Waals surface area contributed by atoms with Crippen molar-refractivity contribution in [2.45, 2.75) is 39.5 Å². The monoisotopic (exact) mass is 152 g/mol. The standard InChI is InChI=1S/C10H16O/c1-7-8-3-5-10(2,6-4-8)9(7)11/h7-8H,3-6H2,1-2H3. The van der Waals surface area contributed by atoms with Crippen LogP contribution in [0.15, 0.2) is 0 Å². The maximum atomic E-state index is 11.7. The Morgan fingerprint density at radius 1 is 1.36 bits per heavy atom. The average molecular weight is 152 g/mol. The number of carbonyl (C=O) groups is 1. The van der Waals surface area contributed by atoms with Crippen molar-refractivity contribution in [1.29, 1.82) is 0 Å². The summed E-state index contributed by atoms with van der Waals surface area (Å²) in [7, 11) is 0. The Balaban J connectivity index is 2.30. The van der Waals surface area contributed by atoms with E-state index in [-0.39, 0.29) is 5.41 Å². The molecule has 0 aliphatic heterocycles. The maximum absolute atomic E-state index is 11.7. The van der Waals surface area contributed by atoms with E-state index in [1.165, 1.54) is 12.8 Å². The van der Waals surface area contributed by atoms with E-state index in [1.54, 1.807) is 0 Å². The molecule has 0 saturated heterocycles. The Morgan fingerprint density at radius 3 is 2.27 bits per heavy atom. The molecule has 0 radical (unpaired) electrons. The van der Waals surface area contributed by atoms with Crippen molar-refractivity contribution in [3.05, 3.63) is 0 Å². The van der Waals surface area contributed by atoms with E-state index in [2.05, 4.69) is 13.8 Å². The van der Waals surface area contributed by atoms with E-state index in [1.807, 2.05) is 0 Å². The highest BCUT2D eigenvalue weighted by Gasteiger charge is 2.47. The molecule has 0 heterocycles. The average Bonchev–Trinajstić information content (AvgIpc) is 2.01. The number of rotatable bonds is 0. The minimum Gasteiger partial charge on any atom is -0.299 e. The van der Waals surface area contributed by atoms with Gasteiger partial charge >= 0.3 is 0 Å². The summed E-state index contributed by atoms with van der Waals surface area (Å²) in [6.45, 7) is 4.27. The number of carbonyl (C=O) groups excluding carboxylic acids is 1. The second-order valence-electron chi connectivity index (χ2n) is 4.55. The van der Waals surface area contributed by atoms with Crippen LogP contribution in [-0.2, 0) is 4.79 Å². The Hall–Kier alpha value is -0.330. The molecule has 3 saturated carbocycles. The molecule has 0 aromatic rings. The van der Waals surface area contributed by atoms with Gasteiger partial charge in [-0.2, -0.15) is 0 Å². The first kappa shape index (κ1) is 7.33. The van der Waals surface area contributed by atoms with Crippen molar-refractivity contribution < 1.29 is 4.79 Å². The summed E-state index contributed by atoms with van der Waals surface area (Å²) in [4.78, 5) is 11.7. The molecule has 62 valence electrons. The van der Waals surface area contributed by atoms with Gasteiger partial charge in [0.05, 0.1) is 0 Å². The first-order valence-corrected chi connectivity index (χ1v) is 4.68. The molecule has 11 heavy (non-hydrogen) atoms. The summed E-state index contributed by atoms with van der Waals surface area (Å²) >= 11 is 0. The number of fused-ring (bicyclic) bond motifs is 3. The minimum atomic E-state index is 0.0775. The zero-order chi connectivity index (χ0) is 8.06. The van der Waals surface area contributed by atoms with E-state index in [4.69, 9.17) is 0 Å². The summed E-state index contributed by atoms with van der Waals surface area (Å²) in [6, 6.07) is 0. The van der Waals surface area contributed by atoms with E-state index in [9.17, 15) is 4.79 Å². The van der Waals surface area contributed by atoms with Crippen molar-refractivity contribution in [3.63, 3.8) is 0 Å². The molecule has 1 heteroatoms. The lowest BCUT2D eigenvalue weighted by Gasteiger charge is -2.46. The highest BCUT2D eigenvalue weighted by atomic mass is 16.1. The van der Waals surface area contributed by atoms with Gasteiger partial charge in [-0.15, -0.1) is 0 Å². The van der Waals surface area contributed by atoms with Gasteiger partial charge in [0.2, 0.25) is 0 Å². The lowest BCUT2D eigenvalue weighted by molar-refractivity contribution is -0.143. The molecule has 3 aliphatic rings. The van der Waals surface area contributed by atoms with Gasteiger partial charge < -0.3 is 0 Å². The highest BCUT2D eigenvalue weighted by molar-refractivity contribution is 5.88.